The summed E-state index contributed by atoms with van der Waals surface area (Å²) in [6, 6.07) is 9.33. The number of aliphatic hydroxyl groups excluding tert-OH is 1. The summed E-state index contributed by atoms with van der Waals surface area (Å²) in [5, 5.41) is 12.1. The molecule has 1 aromatic carbocycles. The van der Waals surface area contributed by atoms with Gasteiger partial charge in [-0.25, -0.2) is 0 Å². The molecule has 0 saturated heterocycles. The smallest absolute Gasteiger partial charge is 0.224 e. The molecule has 0 aliphatic rings. The molecule has 1 amide bonds. The van der Waals surface area contributed by atoms with Gasteiger partial charge in [-0.05, 0) is 25.0 Å². The van der Waals surface area contributed by atoms with Gasteiger partial charge in [-0.15, -0.1) is 0 Å². The van der Waals surface area contributed by atoms with Crippen molar-refractivity contribution in [3.05, 3.63) is 30.3 Å². The van der Waals surface area contributed by atoms with Gasteiger partial charge in [0.15, 0.2) is 0 Å². The molecule has 3 heteroatoms. The number of hydrogen-bond acceptors (Lipinski definition) is 2. The first kappa shape index (κ1) is 11.7. The number of carbonyl (C=O) groups excluding carboxylic acids is 1. The van der Waals surface area contributed by atoms with Crippen molar-refractivity contribution < 1.29 is 9.90 Å². The van der Waals surface area contributed by atoms with E-state index in [1.165, 1.54) is 0 Å². The van der Waals surface area contributed by atoms with Crippen molar-refractivity contribution in [2.45, 2.75) is 32.3 Å². The van der Waals surface area contributed by atoms with E-state index in [4.69, 9.17) is 0 Å². The van der Waals surface area contributed by atoms with Gasteiger partial charge in [-0.2, -0.15) is 0 Å². The molecule has 3 nitrogen and oxygen atoms in total. The van der Waals surface area contributed by atoms with Gasteiger partial charge in [0.05, 0.1) is 6.10 Å². The fourth-order valence-electron chi connectivity index (χ4n) is 1.25. The lowest BCUT2D eigenvalue weighted by molar-refractivity contribution is -0.116. The lowest BCUT2D eigenvalue weighted by Gasteiger charge is -2.07. The Labute approximate surface area is 90.1 Å². The molecule has 0 fully saturated rings. The van der Waals surface area contributed by atoms with Crippen molar-refractivity contribution >= 4 is 11.6 Å². The van der Waals surface area contributed by atoms with E-state index in [0.717, 1.165) is 5.69 Å². The van der Waals surface area contributed by atoms with Crippen molar-refractivity contribution in [1.82, 2.24) is 0 Å². The minimum Gasteiger partial charge on any atom is -0.393 e. The van der Waals surface area contributed by atoms with Gasteiger partial charge >= 0.3 is 0 Å². The zero-order valence-electron chi connectivity index (χ0n) is 8.94. The zero-order valence-corrected chi connectivity index (χ0v) is 8.94. The van der Waals surface area contributed by atoms with E-state index in [1.54, 1.807) is 0 Å². The number of benzene rings is 1. The molecule has 1 aromatic rings. The fraction of sp³-hybridized carbons (Fsp3) is 0.417. The maximum atomic E-state index is 11.4. The van der Waals surface area contributed by atoms with Gasteiger partial charge in [0, 0.05) is 12.1 Å². The molecule has 0 saturated carbocycles. The third-order valence-corrected chi connectivity index (χ3v) is 2.23. The zero-order chi connectivity index (χ0) is 11.1. The topological polar surface area (TPSA) is 49.3 Å². The molecule has 2 N–H and O–H groups in total. The second-order valence-corrected chi connectivity index (χ2v) is 3.51. The van der Waals surface area contributed by atoms with Crippen molar-refractivity contribution in [3.63, 3.8) is 0 Å². The number of para-hydroxylation sites is 1. The fourth-order valence-corrected chi connectivity index (χ4v) is 1.25. The number of aliphatic hydroxyl groups is 1. The summed E-state index contributed by atoms with van der Waals surface area (Å²) in [4.78, 5) is 11.4. The SMILES string of the molecule is CC[C@@H](O)CCC(=O)Nc1ccccc1. The highest BCUT2D eigenvalue weighted by molar-refractivity contribution is 5.90. The number of nitrogens with one attached hydrogen (secondary N) is 1. The predicted octanol–water partition coefficient (Wildman–Crippen LogP) is 2.18. The second-order valence-electron chi connectivity index (χ2n) is 3.51. The highest BCUT2D eigenvalue weighted by Gasteiger charge is 2.06. The molecule has 0 spiro atoms. The first-order valence-electron chi connectivity index (χ1n) is 5.25. The minimum atomic E-state index is -0.369. The average molecular weight is 207 g/mol. The van der Waals surface area contributed by atoms with Gasteiger partial charge < -0.3 is 10.4 Å². The van der Waals surface area contributed by atoms with Crippen LogP contribution in [0.5, 0.6) is 0 Å². The lowest BCUT2D eigenvalue weighted by Crippen LogP contribution is -2.14. The molecule has 0 bridgehead atoms. The van der Waals surface area contributed by atoms with Crippen LogP contribution in [0.1, 0.15) is 26.2 Å². The van der Waals surface area contributed by atoms with Crippen LogP contribution < -0.4 is 5.32 Å². The Bertz CT molecular complexity index is 298. The van der Waals surface area contributed by atoms with Crippen molar-refractivity contribution in [2.75, 3.05) is 5.32 Å². The highest BCUT2D eigenvalue weighted by atomic mass is 16.3. The monoisotopic (exact) mass is 207 g/mol. The maximum Gasteiger partial charge on any atom is 0.224 e. The summed E-state index contributed by atoms with van der Waals surface area (Å²) in [5.41, 5.74) is 0.800. The maximum absolute atomic E-state index is 11.4. The van der Waals surface area contributed by atoms with Crippen LogP contribution in [0.2, 0.25) is 0 Å². The van der Waals surface area contributed by atoms with E-state index in [0.29, 0.717) is 19.3 Å². The Balaban J connectivity index is 2.31. The van der Waals surface area contributed by atoms with E-state index in [2.05, 4.69) is 5.32 Å². The Kier molecular flexibility index (Phi) is 4.84. The third-order valence-electron chi connectivity index (χ3n) is 2.23. The van der Waals surface area contributed by atoms with E-state index in [-0.39, 0.29) is 12.0 Å². The lowest BCUT2D eigenvalue weighted by atomic mass is 10.1. The predicted molar refractivity (Wildman–Crippen MR) is 60.6 cm³/mol. The van der Waals surface area contributed by atoms with Gasteiger partial charge in [-0.1, -0.05) is 25.1 Å². The molecule has 0 aliphatic carbocycles. The summed E-state index contributed by atoms with van der Waals surface area (Å²) in [7, 11) is 0. The molecule has 0 aliphatic heterocycles. The molecule has 0 unspecified atom stereocenters. The van der Waals surface area contributed by atoms with Crippen molar-refractivity contribution in [1.29, 1.82) is 0 Å². The van der Waals surface area contributed by atoms with Crippen LogP contribution in [0.3, 0.4) is 0 Å². The first-order chi connectivity index (χ1) is 7.22. The van der Waals surface area contributed by atoms with Crippen LogP contribution in [0.4, 0.5) is 5.69 Å². The van der Waals surface area contributed by atoms with Gasteiger partial charge in [0.25, 0.3) is 0 Å². The van der Waals surface area contributed by atoms with Crippen LogP contribution in [0.25, 0.3) is 0 Å². The van der Waals surface area contributed by atoms with Crippen LogP contribution in [-0.4, -0.2) is 17.1 Å². The molecule has 15 heavy (non-hydrogen) atoms. The minimum absolute atomic E-state index is 0.0475. The molecular weight excluding hydrogens is 190 g/mol. The summed E-state index contributed by atoms with van der Waals surface area (Å²) in [6.45, 7) is 1.90. The normalized spacial score (nSPS) is 12.1. The summed E-state index contributed by atoms with van der Waals surface area (Å²) < 4.78 is 0. The Morgan fingerprint density at radius 2 is 2.07 bits per heavy atom. The summed E-state index contributed by atoms with van der Waals surface area (Å²) in [6.07, 6.45) is 1.21. The van der Waals surface area contributed by atoms with Crippen molar-refractivity contribution in [2.24, 2.45) is 0 Å². The molecule has 0 heterocycles. The van der Waals surface area contributed by atoms with E-state index < -0.39 is 0 Å². The standard InChI is InChI=1S/C12H17NO2/c1-2-11(14)8-9-12(15)13-10-6-4-3-5-7-10/h3-7,11,14H,2,8-9H2,1H3,(H,13,15)/t11-/m1/s1. The van der Waals surface area contributed by atoms with Gasteiger partial charge in [-0.3, -0.25) is 4.79 Å². The van der Waals surface area contributed by atoms with Crippen LogP contribution in [-0.2, 0) is 4.79 Å². The molecule has 82 valence electrons. The van der Waals surface area contributed by atoms with E-state index in [1.807, 2.05) is 37.3 Å². The molecule has 1 atom stereocenters. The van der Waals surface area contributed by atoms with Crippen LogP contribution >= 0.6 is 0 Å². The Morgan fingerprint density at radius 1 is 1.40 bits per heavy atom. The Morgan fingerprint density at radius 3 is 2.67 bits per heavy atom. The van der Waals surface area contributed by atoms with Crippen LogP contribution in [0.15, 0.2) is 30.3 Å². The Hall–Kier alpha value is -1.35. The molecule has 0 radical (unpaired) electrons. The molecule has 0 aromatic heterocycles. The van der Waals surface area contributed by atoms with Crippen LogP contribution in [0, 0.1) is 0 Å². The largest absolute Gasteiger partial charge is 0.393 e. The van der Waals surface area contributed by atoms with E-state index >= 15 is 0 Å². The number of anilines is 1. The number of hydrogen-bond donors (Lipinski definition) is 2. The van der Waals surface area contributed by atoms with Crippen molar-refractivity contribution in [3.8, 4) is 0 Å². The number of rotatable bonds is 5. The molecule has 1 rings (SSSR count). The number of amides is 1. The second kappa shape index (κ2) is 6.19. The first-order valence-corrected chi connectivity index (χ1v) is 5.25. The third kappa shape index (κ3) is 4.61. The average Bonchev–Trinajstić information content (AvgIpc) is 2.27. The molecular formula is C12H17NO2. The summed E-state index contributed by atoms with van der Waals surface area (Å²) in [5.74, 6) is -0.0475. The summed E-state index contributed by atoms with van der Waals surface area (Å²) >= 11 is 0. The van der Waals surface area contributed by atoms with Gasteiger partial charge in [0.1, 0.15) is 0 Å². The quantitative estimate of drug-likeness (QED) is 0.777. The van der Waals surface area contributed by atoms with E-state index in [9.17, 15) is 9.90 Å². The van der Waals surface area contributed by atoms with Gasteiger partial charge in [0.2, 0.25) is 5.91 Å². The highest BCUT2D eigenvalue weighted by Crippen LogP contribution is 2.07. The number of carbonyl (C=O) groups is 1.